The van der Waals surface area contributed by atoms with Crippen LogP contribution in [0, 0.1) is 0 Å². The fourth-order valence-electron chi connectivity index (χ4n) is 1.92. The van der Waals surface area contributed by atoms with Crippen LogP contribution in [0.1, 0.15) is 16.7 Å². The van der Waals surface area contributed by atoms with Gasteiger partial charge in [-0.05, 0) is 34.9 Å². The largest absolute Gasteiger partial charge is 0.478 e. The molecule has 0 aliphatic carbocycles. The average Bonchev–Trinajstić information content (AvgIpc) is 2.57. The molecule has 0 aliphatic heterocycles. The van der Waals surface area contributed by atoms with Gasteiger partial charge in [0.05, 0.1) is 0 Å². The van der Waals surface area contributed by atoms with Crippen molar-refractivity contribution in [2.45, 2.75) is 0 Å². The summed E-state index contributed by atoms with van der Waals surface area (Å²) in [6, 6.07) is 15.4. The standard InChI is InChI=1S/C18H17N3O2/c19-21-13-20-17-3-1-2-16(12-17)9-8-14-4-6-15(7-5-14)10-11-18(22)23/h1-13H,19H2,(H,20,21)(H,22,23). The lowest BCUT2D eigenvalue weighted by Gasteiger charge is -2.01. The van der Waals surface area contributed by atoms with Crippen LogP contribution in [0.2, 0.25) is 0 Å². The zero-order chi connectivity index (χ0) is 16.5. The van der Waals surface area contributed by atoms with E-state index in [4.69, 9.17) is 10.9 Å². The molecule has 4 N–H and O–H groups in total. The summed E-state index contributed by atoms with van der Waals surface area (Å²) in [6.45, 7) is 0. The van der Waals surface area contributed by atoms with Crippen LogP contribution in [-0.4, -0.2) is 17.4 Å². The number of aliphatic carboxylic acids is 1. The SMILES string of the molecule is NN=CNc1cccc(C=Cc2ccc(C=CC(=O)O)cc2)c1. The Morgan fingerprint density at radius 2 is 1.65 bits per heavy atom. The molecule has 0 radical (unpaired) electrons. The summed E-state index contributed by atoms with van der Waals surface area (Å²) in [4.78, 5) is 10.5. The minimum Gasteiger partial charge on any atom is -0.478 e. The zero-order valence-corrected chi connectivity index (χ0v) is 12.4. The summed E-state index contributed by atoms with van der Waals surface area (Å²) >= 11 is 0. The number of nitrogens with zero attached hydrogens (tertiary/aromatic N) is 1. The second-order valence-corrected chi connectivity index (χ2v) is 4.72. The third-order valence-electron chi connectivity index (χ3n) is 3.02. The molecule has 0 saturated carbocycles. The predicted octanol–water partition coefficient (Wildman–Crippen LogP) is 3.27. The number of carbonyl (C=O) groups is 1. The van der Waals surface area contributed by atoms with Gasteiger partial charge in [-0.1, -0.05) is 48.6 Å². The first-order valence-electron chi connectivity index (χ1n) is 6.95. The number of hydrazone groups is 1. The van der Waals surface area contributed by atoms with Gasteiger partial charge in [0, 0.05) is 11.8 Å². The molecule has 0 fully saturated rings. The van der Waals surface area contributed by atoms with E-state index in [1.54, 1.807) is 6.08 Å². The summed E-state index contributed by atoms with van der Waals surface area (Å²) < 4.78 is 0. The van der Waals surface area contributed by atoms with E-state index in [0.29, 0.717) is 0 Å². The van der Waals surface area contributed by atoms with E-state index < -0.39 is 5.97 Å². The van der Waals surface area contributed by atoms with Gasteiger partial charge in [-0.3, -0.25) is 0 Å². The van der Waals surface area contributed by atoms with Gasteiger partial charge in [0.2, 0.25) is 0 Å². The third kappa shape index (κ3) is 5.51. The van der Waals surface area contributed by atoms with Crippen LogP contribution < -0.4 is 11.2 Å². The molecule has 0 atom stereocenters. The monoisotopic (exact) mass is 307 g/mol. The lowest BCUT2D eigenvalue weighted by Crippen LogP contribution is -1.97. The number of nitrogens with one attached hydrogen (secondary N) is 1. The van der Waals surface area contributed by atoms with Gasteiger partial charge in [0.1, 0.15) is 6.34 Å². The minimum atomic E-state index is -0.956. The van der Waals surface area contributed by atoms with Gasteiger partial charge in [-0.15, -0.1) is 0 Å². The highest BCUT2D eigenvalue weighted by atomic mass is 16.4. The molecule has 2 aromatic carbocycles. The first-order chi connectivity index (χ1) is 11.2. The number of carboxylic acids is 1. The van der Waals surface area contributed by atoms with Gasteiger partial charge in [0.25, 0.3) is 0 Å². The van der Waals surface area contributed by atoms with Crippen LogP contribution in [0.4, 0.5) is 5.69 Å². The van der Waals surface area contributed by atoms with Gasteiger partial charge in [0.15, 0.2) is 0 Å². The average molecular weight is 307 g/mol. The van der Waals surface area contributed by atoms with Crippen LogP contribution in [0.3, 0.4) is 0 Å². The predicted molar refractivity (Wildman–Crippen MR) is 94.8 cm³/mol. The van der Waals surface area contributed by atoms with Crippen molar-refractivity contribution < 1.29 is 9.90 Å². The Hall–Kier alpha value is -3.34. The van der Waals surface area contributed by atoms with E-state index in [9.17, 15) is 4.79 Å². The normalized spacial score (nSPS) is 11.5. The summed E-state index contributed by atoms with van der Waals surface area (Å²) in [6.07, 6.45) is 8.08. The lowest BCUT2D eigenvalue weighted by molar-refractivity contribution is -0.131. The second-order valence-electron chi connectivity index (χ2n) is 4.72. The number of hydrogen-bond donors (Lipinski definition) is 3. The van der Waals surface area contributed by atoms with Crippen molar-refractivity contribution in [2.24, 2.45) is 10.9 Å². The molecule has 5 nitrogen and oxygen atoms in total. The molecule has 0 bridgehead atoms. The molecule has 0 unspecified atom stereocenters. The van der Waals surface area contributed by atoms with Crippen molar-refractivity contribution in [3.8, 4) is 0 Å². The second kappa shape index (κ2) is 8.19. The smallest absolute Gasteiger partial charge is 0.328 e. The summed E-state index contributed by atoms with van der Waals surface area (Å²) in [5.74, 6) is 4.10. The van der Waals surface area contributed by atoms with Crippen molar-refractivity contribution in [1.82, 2.24) is 0 Å². The van der Waals surface area contributed by atoms with Gasteiger partial charge in [-0.2, -0.15) is 5.10 Å². The Balaban J connectivity index is 2.06. The topological polar surface area (TPSA) is 87.7 Å². The highest BCUT2D eigenvalue weighted by Gasteiger charge is 1.93. The Morgan fingerprint density at radius 3 is 2.30 bits per heavy atom. The number of rotatable bonds is 6. The van der Waals surface area contributed by atoms with Gasteiger partial charge < -0.3 is 16.3 Å². The first kappa shape index (κ1) is 16.0. The molecule has 2 aromatic rings. The molecule has 0 amide bonds. The van der Waals surface area contributed by atoms with Crippen LogP contribution in [0.15, 0.2) is 59.7 Å². The molecule has 116 valence electrons. The Morgan fingerprint density at radius 1 is 1.00 bits per heavy atom. The molecule has 2 rings (SSSR count). The van der Waals surface area contributed by atoms with E-state index in [-0.39, 0.29) is 0 Å². The van der Waals surface area contributed by atoms with E-state index in [2.05, 4.69) is 10.4 Å². The third-order valence-corrected chi connectivity index (χ3v) is 3.02. The van der Waals surface area contributed by atoms with E-state index in [1.165, 1.54) is 6.34 Å². The Kier molecular flexibility index (Phi) is 5.71. The summed E-state index contributed by atoms with van der Waals surface area (Å²) in [5.41, 5.74) is 3.81. The van der Waals surface area contributed by atoms with E-state index in [1.807, 2.05) is 60.7 Å². The highest BCUT2D eigenvalue weighted by Crippen LogP contribution is 2.14. The molecular formula is C18H17N3O2. The van der Waals surface area contributed by atoms with Crippen molar-refractivity contribution in [3.63, 3.8) is 0 Å². The first-order valence-corrected chi connectivity index (χ1v) is 6.95. The van der Waals surface area contributed by atoms with E-state index in [0.717, 1.165) is 28.5 Å². The Bertz CT molecular complexity index is 747. The highest BCUT2D eigenvalue weighted by molar-refractivity contribution is 5.85. The van der Waals surface area contributed by atoms with Gasteiger partial charge in [-0.25, -0.2) is 4.79 Å². The van der Waals surface area contributed by atoms with Crippen LogP contribution in [-0.2, 0) is 4.79 Å². The number of nitrogens with two attached hydrogens (primary N) is 1. The number of benzene rings is 2. The fraction of sp³-hybridized carbons (Fsp3) is 0. The van der Waals surface area contributed by atoms with Crippen LogP contribution in [0.5, 0.6) is 0 Å². The molecular weight excluding hydrogens is 290 g/mol. The molecule has 0 saturated heterocycles. The maximum atomic E-state index is 10.5. The van der Waals surface area contributed by atoms with Crippen molar-refractivity contribution >= 4 is 36.2 Å². The summed E-state index contributed by atoms with van der Waals surface area (Å²) in [5, 5.41) is 14.9. The molecule has 0 heterocycles. The quantitative estimate of drug-likeness (QED) is 0.191. The van der Waals surface area contributed by atoms with Crippen molar-refractivity contribution in [1.29, 1.82) is 0 Å². The molecule has 0 aromatic heterocycles. The lowest BCUT2D eigenvalue weighted by atomic mass is 10.1. The maximum Gasteiger partial charge on any atom is 0.328 e. The zero-order valence-electron chi connectivity index (χ0n) is 12.4. The fourth-order valence-corrected chi connectivity index (χ4v) is 1.92. The molecule has 0 spiro atoms. The van der Waals surface area contributed by atoms with Gasteiger partial charge >= 0.3 is 5.97 Å². The summed E-state index contributed by atoms with van der Waals surface area (Å²) in [7, 11) is 0. The number of anilines is 1. The maximum absolute atomic E-state index is 10.5. The van der Waals surface area contributed by atoms with Crippen LogP contribution in [0.25, 0.3) is 18.2 Å². The van der Waals surface area contributed by atoms with Crippen molar-refractivity contribution in [2.75, 3.05) is 5.32 Å². The van der Waals surface area contributed by atoms with Crippen molar-refractivity contribution in [3.05, 3.63) is 71.3 Å². The number of carboxylic acid groups (broad SMARTS) is 1. The molecule has 0 aliphatic rings. The molecule has 23 heavy (non-hydrogen) atoms. The van der Waals surface area contributed by atoms with E-state index >= 15 is 0 Å². The minimum absolute atomic E-state index is 0.844. The number of hydrogen-bond acceptors (Lipinski definition) is 3. The molecule has 5 heteroatoms. The Labute approximate surface area is 134 Å². The van der Waals surface area contributed by atoms with Crippen LogP contribution >= 0.6 is 0 Å².